The fraction of sp³-hybridized carbons (Fsp3) is 0.643. The van der Waals surface area contributed by atoms with Crippen LogP contribution in [-0.4, -0.2) is 35.4 Å². The minimum atomic E-state index is -0.454. The molecule has 8 heteroatoms. The van der Waals surface area contributed by atoms with Crippen molar-refractivity contribution in [3.05, 3.63) is 44.2 Å². The number of H-pyrrole nitrogens is 1. The molecule has 0 atom stereocenters. The van der Waals surface area contributed by atoms with E-state index < -0.39 is 5.97 Å². The number of nitrogens with one attached hydrogen (secondary N) is 1. The second-order valence-electron chi connectivity index (χ2n) is 9.82. The molecule has 1 aromatic heterocycles. The van der Waals surface area contributed by atoms with Crippen LogP contribution in [0.1, 0.15) is 107 Å². The molecule has 1 fully saturated rings. The SMILES string of the molecule is CCCCCCCCCCCCCCOC(=O)c1cc(Cl)c(-n2[nH]c(N3CCCC3)cc2=O)c(Cl)c1. The topological polar surface area (TPSA) is 67.3 Å². The molecule has 3 rings (SSSR count). The zero-order valence-corrected chi connectivity index (χ0v) is 23.1. The molecular weight excluding hydrogens is 497 g/mol. The summed E-state index contributed by atoms with van der Waals surface area (Å²) in [5, 5.41) is 3.53. The summed E-state index contributed by atoms with van der Waals surface area (Å²) in [4.78, 5) is 27.2. The molecule has 6 nitrogen and oxygen atoms in total. The first-order valence-electron chi connectivity index (χ1n) is 13.7. The second-order valence-corrected chi connectivity index (χ2v) is 10.6. The van der Waals surface area contributed by atoms with E-state index in [1.54, 1.807) is 6.07 Å². The molecule has 0 amide bonds. The molecule has 2 aromatic rings. The maximum atomic E-state index is 12.6. The first-order chi connectivity index (χ1) is 17.5. The number of unbranched alkanes of at least 4 members (excludes halogenated alkanes) is 11. The van der Waals surface area contributed by atoms with Gasteiger partial charge < -0.3 is 9.64 Å². The van der Waals surface area contributed by atoms with E-state index >= 15 is 0 Å². The average Bonchev–Trinajstić information content (AvgIpc) is 3.52. The highest BCUT2D eigenvalue weighted by molar-refractivity contribution is 6.38. The summed E-state index contributed by atoms with van der Waals surface area (Å²) in [6.07, 6.45) is 17.3. The van der Waals surface area contributed by atoms with Gasteiger partial charge in [-0.05, 0) is 31.4 Å². The number of hydrogen-bond acceptors (Lipinski definition) is 4. The third-order valence-electron chi connectivity index (χ3n) is 6.86. The Kier molecular flexibility index (Phi) is 12.2. The van der Waals surface area contributed by atoms with Gasteiger partial charge in [0.1, 0.15) is 11.5 Å². The lowest BCUT2D eigenvalue weighted by Gasteiger charge is -2.15. The number of aromatic nitrogens is 2. The highest BCUT2D eigenvalue weighted by Gasteiger charge is 2.20. The largest absolute Gasteiger partial charge is 0.462 e. The summed E-state index contributed by atoms with van der Waals surface area (Å²) < 4.78 is 6.76. The van der Waals surface area contributed by atoms with E-state index in [0.717, 1.165) is 44.6 Å². The zero-order chi connectivity index (χ0) is 25.8. The molecule has 1 N–H and O–H groups in total. The van der Waals surface area contributed by atoms with Gasteiger partial charge in [0.2, 0.25) is 0 Å². The highest BCUT2D eigenvalue weighted by Crippen LogP contribution is 2.30. The third-order valence-corrected chi connectivity index (χ3v) is 7.44. The van der Waals surface area contributed by atoms with Crippen LogP contribution in [0.15, 0.2) is 23.0 Å². The molecule has 1 aliphatic rings. The van der Waals surface area contributed by atoms with Gasteiger partial charge in [-0.2, -0.15) is 0 Å². The number of carbonyl (C=O) groups is 1. The van der Waals surface area contributed by atoms with Gasteiger partial charge in [-0.3, -0.25) is 9.89 Å². The Balaban J connectivity index is 1.39. The van der Waals surface area contributed by atoms with Crippen molar-refractivity contribution < 1.29 is 9.53 Å². The second kappa shape index (κ2) is 15.4. The minimum Gasteiger partial charge on any atom is -0.462 e. The Labute approximate surface area is 225 Å². The van der Waals surface area contributed by atoms with E-state index in [2.05, 4.69) is 16.9 Å². The van der Waals surface area contributed by atoms with Gasteiger partial charge in [0.15, 0.2) is 0 Å². The Morgan fingerprint density at radius 2 is 1.39 bits per heavy atom. The summed E-state index contributed by atoms with van der Waals surface area (Å²) in [7, 11) is 0. The number of ether oxygens (including phenoxy) is 1. The number of halogens is 2. The summed E-state index contributed by atoms with van der Waals surface area (Å²) in [5.74, 6) is 0.292. The van der Waals surface area contributed by atoms with E-state index in [0.29, 0.717) is 12.3 Å². The lowest BCUT2D eigenvalue weighted by Crippen LogP contribution is -2.18. The number of carbonyl (C=O) groups excluding carboxylic acids is 1. The number of nitrogens with zero attached hydrogens (tertiary/aromatic N) is 2. The molecule has 0 unspecified atom stereocenters. The molecule has 200 valence electrons. The van der Waals surface area contributed by atoms with Gasteiger partial charge in [0.25, 0.3) is 5.56 Å². The third kappa shape index (κ3) is 8.58. The lowest BCUT2D eigenvalue weighted by molar-refractivity contribution is 0.0497. The van der Waals surface area contributed by atoms with Crippen molar-refractivity contribution in [2.24, 2.45) is 0 Å². The van der Waals surface area contributed by atoms with E-state index in [-0.39, 0.29) is 21.2 Å². The maximum absolute atomic E-state index is 12.6. The quantitative estimate of drug-likeness (QED) is 0.174. The Morgan fingerprint density at radius 1 is 0.861 bits per heavy atom. The molecule has 1 aromatic carbocycles. The van der Waals surface area contributed by atoms with E-state index in [1.807, 2.05) is 0 Å². The maximum Gasteiger partial charge on any atom is 0.338 e. The zero-order valence-electron chi connectivity index (χ0n) is 21.6. The lowest BCUT2D eigenvalue weighted by atomic mass is 10.1. The van der Waals surface area contributed by atoms with E-state index in [1.165, 1.54) is 81.0 Å². The van der Waals surface area contributed by atoms with Gasteiger partial charge in [0.05, 0.1) is 22.2 Å². The van der Waals surface area contributed by atoms with Gasteiger partial charge in [-0.25, -0.2) is 9.48 Å². The van der Waals surface area contributed by atoms with Crippen LogP contribution >= 0.6 is 23.2 Å². The number of esters is 1. The van der Waals surface area contributed by atoms with Crippen molar-refractivity contribution in [1.29, 1.82) is 0 Å². The van der Waals surface area contributed by atoms with Gasteiger partial charge in [-0.1, -0.05) is 101 Å². The Hall–Kier alpha value is -1.92. The summed E-state index contributed by atoms with van der Waals surface area (Å²) in [6.45, 7) is 4.45. The van der Waals surface area contributed by atoms with Gasteiger partial charge >= 0.3 is 5.97 Å². The van der Waals surface area contributed by atoms with Gasteiger partial charge in [0, 0.05) is 19.2 Å². The van der Waals surface area contributed by atoms with Crippen LogP contribution in [0.3, 0.4) is 0 Å². The van der Waals surface area contributed by atoms with Crippen molar-refractivity contribution in [2.75, 3.05) is 24.6 Å². The molecular formula is C28H41Cl2N3O3. The predicted octanol–water partition coefficient (Wildman–Crippen LogP) is 7.93. The van der Waals surface area contributed by atoms with Crippen LogP contribution in [-0.2, 0) is 4.74 Å². The summed E-state index contributed by atoms with van der Waals surface area (Å²) in [6, 6.07) is 4.57. The van der Waals surface area contributed by atoms with Crippen LogP contribution in [0.2, 0.25) is 10.0 Å². The minimum absolute atomic E-state index is 0.219. The smallest absolute Gasteiger partial charge is 0.338 e. The van der Waals surface area contributed by atoms with Gasteiger partial charge in [-0.15, -0.1) is 0 Å². The molecule has 0 bridgehead atoms. The summed E-state index contributed by atoms with van der Waals surface area (Å²) in [5.41, 5.74) is 0.376. The number of benzene rings is 1. The van der Waals surface area contributed by atoms with Crippen LogP contribution < -0.4 is 10.5 Å². The average molecular weight is 539 g/mol. The van der Waals surface area contributed by atoms with E-state index in [9.17, 15) is 9.59 Å². The molecule has 2 heterocycles. The Bertz CT molecular complexity index is 989. The van der Waals surface area contributed by atoms with Crippen molar-refractivity contribution in [3.63, 3.8) is 0 Å². The number of rotatable bonds is 16. The fourth-order valence-corrected chi connectivity index (χ4v) is 5.41. The first kappa shape index (κ1) is 28.6. The van der Waals surface area contributed by atoms with Crippen LogP contribution in [0.25, 0.3) is 5.69 Å². The highest BCUT2D eigenvalue weighted by atomic mass is 35.5. The van der Waals surface area contributed by atoms with Crippen molar-refractivity contribution in [2.45, 2.75) is 96.8 Å². The fourth-order valence-electron chi connectivity index (χ4n) is 4.76. The molecule has 0 saturated carbocycles. The number of aromatic amines is 1. The van der Waals surface area contributed by atoms with Crippen molar-refractivity contribution in [1.82, 2.24) is 9.78 Å². The van der Waals surface area contributed by atoms with Crippen molar-refractivity contribution >= 4 is 35.0 Å². The number of hydrogen-bond donors (Lipinski definition) is 1. The standard InChI is InChI=1S/C28H41Cl2N3O3/c1-2-3-4-5-6-7-8-9-10-11-12-15-18-36-28(35)22-19-23(29)27(24(30)20-22)33-26(34)21-25(31-33)32-16-13-14-17-32/h19-21,31H,2-18H2,1H3. The predicted molar refractivity (Wildman–Crippen MR) is 149 cm³/mol. The molecule has 0 spiro atoms. The van der Waals surface area contributed by atoms with Crippen LogP contribution in [0.4, 0.5) is 5.82 Å². The molecule has 0 radical (unpaired) electrons. The Morgan fingerprint density at radius 3 is 1.94 bits per heavy atom. The summed E-state index contributed by atoms with van der Waals surface area (Å²) >= 11 is 12.9. The monoisotopic (exact) mass is 537 g/mol. The first-order valence-corrected chi connectivity index (χ1v) is 14.5. The van der Waals surface area contributed by atoms with Crippen LogP contribution in [0, 0.1) is 0 Å². The number of anilines is 1. The van der Waals surface area contributed by atoms with E-state index in [4.69, 9.17) is 27.9 Å². The molecule has 1 aliphatic heterocycles. The molecule has 0 aliphatic carbocycles. The molecule has 1 saturated heterocycles. The normalized spacial score (nSPS) is 13.5. The van der Waals surface area contributed by atoms with Crippen molar-refractivity contribution in [3.8, 4) is 5.69 Å². The molecule has 36 heavy (non-hydrogen) atoms. The van der Waals surface area contributed by atoms with Crippen LogP contribution in [0.5, 0.6) is 0 Å².